The number of carbonyl (C=O) groups is 1. The molecule has 0 spiro atoms. The molecular weight excluding hydrogens is 448 g/mol. The standard InChI is InChI=1S/C27H25ClN4O2/c1-3-34-23-14-12-22(13-15-23)29-17-26(33)32-27-30-24(19-6-4-18(2)5-7-19)16-25(31-27)20-8-10-21(28)11-9-20/h4-16,29H,3,17H2,1-2H3,(H,30,31,32,33). The Morgan fingerprint density at radius 2 is 1.47 bits per heavy atom. The van der Waals surface area contributed by atoms with Gasteiger partial charge in [-0.3, -0.25) is 10.1 Å². The summed E-state index contributed by atoms with van der Waals surface area (Å²) in [5, 5.41) is 6.56. The van der Waals surface area contributed by atoms with Gasteiger partial charge in [0, 0.05) is 21.8 Å². The van der Waals surface area contributed by atoms with Crippen molar-refractivity contribution in [2.75, 3.05) is 23.8 Å². The Bertz CT molecular complexity index is 1190. The predicted octanol–water partition coefficient (Wildman–Crippen LogP) is 6.22. The average molecular weight is 473 g/mol. The minimum atomic E-state index is -0.253. The molecule has 0 saturated heterocycles. The van der Waals surface area contributed by atoms with E-state index < -0.39 is 0 Å². The Kier molecular flexibility index (Phi) is 7.40. The predicted molar refractivity (Wildman–Crippen MR) is 137 cm³/mol. The number of hydrogen-bond acceptors (Lipinski definition) is 5. The van der Waals surface area contributed by atoms with Gasteiger partial charge in [-0.1, -0.05) is 53.6 Å². The number of aryl methyl sites for hydroxylation is 1. The third kappa shape index (κ3) is 6.11. The van der Waals surface area contributed by atoms with Gasteiger partial charge in [0.1, 0.15) is 5.75 Å². The van der Waals surface area contributed by atoms with Crippen molar-refractivity contribution in [2.24, 2.45) is 0 Å². The van der Waals surface area contributed by atoms with Gasteiger partial charge in [0.15, 0.2) is 0 Å². The van der Waals surface area contributed by atoms with Crippen LogP contribution in [0.4, 0.5) is 11.6 Å². The van der Waals surface area contributed by atoms with Crippen molar-refractivity contribution < 1.29 is 9.53 Å². The highest BCUT2D eigenvalue weighted by molar-refractivity contribution is 6.30. The Morgan fingerprint density at radius 3 is 2.06 bits per heavy atom. The molecule has 0 unspecified atom stereocenters. The van der Waals surface area contributed by atoms with Gasteiger partial charge in [0.25, 0.3) is 0 Å². The van der Waals surface area contributed by atoms with Gasteiger partial charge >= 0.3 is 0 Å². The highest BCUT2D eigenvalue weighted by atomic mass is 35.5. The molecule has 0 aliphatic heterocycles. The van der Waals surface area contributed by atoms with E-state index in [9.17, 15) is 4.79 Å². The first kappa shape index (κ1) is 23.3. The molecule has 2 N–H and O–H groups in total. The van der Waals surface area contributed by atoms with Crippen molar-refractivity contribution in [2.45, 2.75) is 13.8 Å². The number of anilines is 2. The topological polar surface area (TPSA) is 76.1 Å². The van der Waals surface area contributed by atoms with E-state index in [4.69, 9.17) is 16.3 Å². The Morgan fingerprint density at radius 1 is 0.882 bits per heavy atom. The molecule has 1 aromatic heterocycles. The van der Waals surface area contributed by atoms with Gasteiger partial charge < -0.3 is 10.1 Å². The van der Waals surface area contributed by atoms with Crippen molar-refractivity contribution in [3.63, 3.8) is 0 Å². The lowest BCUT2D eigenvalue weighted by Gasteiger charge is -2.11. The van der Waals surface area contributed by atoms with Crippen LogP contribution in [-0.4, -0.2) is 29.0 Å². The summed E-state index contributed by atoms with van der Waals surface area (Å²) in [6, 6.07) is 24.8. The maximum absolute atomic E-state index is 12.6. The fourth-order valence-electron chi connectivity index (χ4n) is 3.33. The number of rotatable bonds is 8. The lowest BCUT2D eigenvalue weighted by molar-refractivity contribution is -0.114. The molecule has 6 nitrogen and oxygen atoms in total. The van der Waals surface area contributed by atoms with Gasteiger partial charge in [-0.15, -0.1) is 0 Å². The van der Waals surface area contributed by atoms with Crippen molar-refractivity contribution >= 4 is 29.1 Å². The first-order valence-corrected chi connectivity index (χ1v) is 11.4. The Balaban J connectivity index is 1.54. The molecule has 0 aliphatic carbocycles. The van der Waals surface area contributed by atoms with Gasteiger partial charge in [-0.25, -0.2) is 9.97 Å². The number of aromatic nitrogens is 2. The number of nitrogens with one attached hydrogen (secondary N) is 2. The summed E-state index contributed by atoms with van der Waals surface area (Å²) in [5.74, 6) is 0.770. The smallest absolute Gasteiger partial charge is 0.246 e. The molecule has 0 aliphatic rings. The highest BCUT2D eigenvalue weighted by Gasteiger charge is 2.11. The molecule has 4 rings (SSSR count). The van der Waals surface area contributed by atoms with Gasteiger partial charge in [0.2, 0.25) is 11.9 Å². The molecule has 0 radical (unpaired) electrons. The van der Waals surface area contributed by atoms with Gasteiger partial charge in [-0.05, 0) is 56.3 Å². The lowest BCUT2D eigenvalue weighted by Crippen LogP contribution is -2.23. The molecule has 0 atom stereocenters. The lowest BCUT2D eigenvalue weighted by atomic mass is 10.1. The van der Waals surface area contributed by atoms with Crippen LogP contribution in [-0.2, 0) is 4.79 Å². The number of benzene rings is 3. The number of amides is 1. The third-order valence-electron chi connectivity index (χ3n) is 5.08. The normalized spacial score (nSPS) is 10.6. The van der Waals surface area contributed by atoms with Crippen molar-refractivity contribution in [3.05, 3.63) is 89.4 Å². The summed E-state index contributed by atoms with van der Waals surface area (Å²) >= 11 is 6.05. The van der Waals surface area contributed by atoms with E-state index in [0.29, 0.717) is 17.3 Å². The Hall–Kier alpha value is -3.90. The second-order valence-electron chi connectivity index (χ2n) is 7.69. The van der Waals surface area contributed by atoms with Crippen molar-refractivity contribution in [1.82, 2.24) is 9.97 Å². The third-order valence-corrected chi connectivity index (χ3v) is 5.34. The van der Waals surface area contributed by atoms with E-state index in [2.05, 4.69) is 20.6 Å². The van der Waals surface area contributed by atoms with Gasteiger partial charge in [-0.2, -0.15) is 0 Å². The van der Waals surface area contributed by atoms with E-state index in [1.54, 1.807) is 0 Å². The van der Waals surface area contributed by atoms with E-state index >= 15 is 0 Å². The zero-order valence-corrected chi connectivity index (χ0v) is 19.8. The molecule has 0 fully saturated rings. The fourth-order valence-corrected chi connectivity index (χ4v) is 3.46. The van der Waals surface area contributed by atoms with Crippen LogP contribution in [0.1, 0.15) is 12.5 Å². The quantitative estimate of drug-likeness (QED) is 0.318. The fraction of sp³-hybridized carbons (Fsp3) is 0.148. The summed E-state index contributed by atoms with van der Waals surface area (Å²) in [6.07, 6.45) is 0. The summed E-state index contributed by atoms with van der Waals surface area (Å²) in [7, 11) is 0. The molecule has 0 saturated carbocycles. The molecule has 7 heteroatoms. The van der Waals surface area contributed by atoms with Crippen molar-refractivity contribution in [3.8, 4) is 28.3 Å². The van der Waals surface area contributed by atoms with E-state index in [1.165, 1.54) is 0 Å². The molecule has 4 aromatic rings. The summed E-state index contributed by atoms with van der Waals surface area (Å²) in [5.41, 5.74) is 5.19. The van der Waals surface area contributed by atoms with Crippen LogP contribution in [0.3, 0.4) is 0 Å². The number of ether oxygens (including phenoxy) is 1. The number of halogens is 1. The van der Waals surface area contributed by atoms with Crippen LogP contribution in [0.5, 0.6) is 5.75 Å². The second-order valence-corrected chi connectivity index (χ2v) is 8.13. The minimum Gasteiger partial charge on any atom is -0.494 e. The van der Waals surface area contributed by atoms with Gasteiger partial charge in [0.05, 0.1) is 24.5 Å². The summed E-state index contributed by atoms with van der Waals surface area (Å²) < 4.78 is 5.44. The number of carbonyl (C=O) groups excluding carboxylic acids is 1. The summed E-state index contributed by atoms with van der Waals surface area (Å²) in [4.78, 5) is 21.8. The van der Waals surface area contributed by atoms with Crippen LogP contribution in [0.15, 0.2) is 78.9 Å². The molecule has 1 heterocycles. The Labute approximate surface area is 204 Å². The number of hydrogen-bond donors (Lipinski definition) is 2. The van der Waals surface area contributed by atoms with Crippen LogP contribution in [0.2, 0.25) is 5.02 Å². The zero-order valence-electron chi connectivity index (χ0n) is 19.0. The first-order valence-electron chi connectivity index (χ1n) is 11.0. The first-order chi connectivity index (χ1) is 16.5. The monoisotopic (exact) mass is 472 g/mol. The van der Waals surface area contributed by atoms with Crippen LogP contribution >= 0.6 is 11.6 Å². The summed E-state index contributed by atoms with van der Waals surface area (Å²) in [6.45, 7) is 4.65. The highest BCUT2D eigenvalue weighted by Crippen LogP contribution is 2.26. The van der Waals surface area contributed by atoms with Crippen LogP contribution in [0.25, 0.3) is 22.5 Å². The number of nitrogens with zero attached hydrogens (tertiary/aromatic N) is 2. The van der Waals surface area contributed by atoms with Crippen LogP contribution < -0.4 is 15.4 Å². The maximum Gasteiger partial charge on any atom is 0.246 e. The SMILES string of the molecule is CCOc1ccc(NCC(=O)Nc2nc(-c3ccc(C)cc3)cc(-c3ccc(Cl)cc3)n2)cc1. The second kappa shape index (κ2) is 10.8. The minimum absolute atomic E-state index is 0.0718. The molecular formula is C27H25ClN4O2. The van der Waals surface area contributed by atoms with Crippen molar-refractivity contribution in [1.29, 1.82) is 0 Å². The molecule has 1 amide bonds. The van der Waals surface area contributed by atoms with E-state index in [1.807, 2.05) is 92.7 Å². The average Bonchev–Trinajstić information content (AvgIpc) is 2.84. The maximum atomic E-state index is 12.6. The van der Waals surface area contributed by atoms with E-state index in [-0.39, 0.29) is 18.4 Å². The molecule has 0 bridgehead atoms. The van der Waals surface area contributed by atoms with E-state index in [0.717, 1.165) is 33.8 Å². The molecule has 172 valence electrons. The molecule has 34 heavy (non-hydrogen) atoms. The van der Waals surface area contributed by atoms with Crippen LogP contribution in [0, 0.1) is 6.92 Å². The largest absolute Gasteiger partial charge is 0.494 e. The molecule has 3 aromatic carbocycles. The zero-order chi connectivity index (χ0) is 23.9.